The molecule has 0 aromatic heterocycles. The molecule has 1 atom stereocenters. The normalized spacial score (nSPS) is 34.3. The molecule has 1 N–H and O–H groups in total. The highest BCUT2D eigenvalue weighted by Crippen LogP contribution is 2.20. The fourth-order valence-corrected chi connectivity index (χ4v) is 1.68. The molecule has 3 heteroatoms. The standard InChI is InChI=1S/C8H15NO2/c1-7(2)5-6(10)8(3,4)9(7)11/h9H,5H2,1-4H3. The zero-order valence-electron chi connectivity index (χ0n) is 7.52. The Kier molecular flexibility index (Phi) is 1.62. The molecule has 0 aromatic rings. The highest BCUT2D eigenvalue weighted by molar-refractivity contribution is 5.88. The maximum Gasteiger partial charge on any atom is 0.198 e. The van der Waals surface area contributed by atoms with Crippen molar-refractivity contribution in [1.29, 1.82) is 0 Å². The molecule has 0 spiro atoms. The molecule has 11 heavy (non-hydrogen) atoms. The van der Waals surface area contributed by atoms with E-state index in [0.717, 1.165) is 0 Å². The Morgan fingerprint density at radius 1 is 1.36 bits per heavy atom. The van der Waals surface area contributed by atoms with Crippen LogP contribution in [0.5, 0.6) is 0 Å². The van der Waals surface area contributed by atoms with Gasteiger partial charge in [-0.3, -0.25) is 4.79 Å². The van der Waals surface area contributed by atoms with Crippen LogP contribution in [0, 0.1) is 5.21 Å². The molecular formula is C8H15NO2. The van der Waals surface area contributed by atoms with Gasteiger partial charge in [-0.05, 0) is 27.7 Å². The van der Waals surface area contributed by atoms with Gasteiger partial charge in [-0.2, -0.15) is 0 Å². The molecule has 1 fully saturated rings. The van der Waals surface area contributed by atoms with E-state index in [1.165, 1.54) is 0 Å². The van der Waals surface area contributed by atoms with Gasteiger partial charge >= 0.3 is 0 Å². The first-order valence-corrected chi connectivity index (χ1v) is 3.87. The average molecular weight is 157 g/mol. The average Bonchev–Trinajstić information content (AvgIpc) is 1.94. The van der Waals surface area contributed by atoms with E-state index >= 15 is 0 Å². The fraction of sp³-hybridized carbons (Fsp3) is 0.875. The summed E-state index contributed by atoms with van der Waals surface area (Å²) >= 11 is 0. The fourth-order valence-electron chi connectivity index (χ4n) is 1.68. The second-order valence-corrected chi connectivity index (χ2v) is 4.44. The molecule has 3 nitrogen and oxygen atoms in total. The lowest BCUT2D eigenvalue weighted by Crippen LogP contribution is -3.19. The Bertz CT molecular complexity index is 196. The lowest BCUT2D eigenvalue weighted by atomic mass is 9.99. The van der Waals surface area contributed by atoms with Gasteiger partial charge in [0.1, 0.15) is 0 Å². The first-order valence-electron chi connectivity index (χ1n) is 3.87. The zero-order chi connectivity index (χ0) is 8.86. The van der Waals surface area contributed by atoms with Crippen LogP contribution in [0.2, 0.25) is 0 Å². The summed E-state index contributed by atoms with van der Waals surface area (Å²) in [4.78, 5) is 11.3. The predicted octanol–water partition coefficient (Wildman–Crippen LogP) is -0.101. The minimum atomic E-state index is -0.733. The molecule has 0 amide bonds. The van der Waals surface area contributed by atoms with Crippen molar-refractivity contribution in [2.24, 2.45) is 0 Å². The van der Waals surface area contributed by atoms with Crippen LogP contribution in [0.15, 0.2) is 0 Å². The Balaban J connectivity index is 2.98. The summed E-state index contributed by atoms with van der Waals surface area (Å²) in [5.41, 5.74) is -1.16. The second-order valence-electron chi connectivity index (χ2n) is 4.44. The number of hydrogen-bond acceptors (Lipinski definition) is 2. The van der Waals surface area contributed by atoms with Gasteiger partial charge in [-0.1, -0.05) is 0 Å². The minimum absolute atomic E-state index is 0.0764. The molecule has 64 valence electrons. The van der Waals surface area contributed by atoms with Crippen LogP contribution >= 0.6 is 0 Å². The number of ketones is 1. The van der Waals surface area contributed by atoms with Gasteiger partial charge in [0, 0.05) is 0 Å². The number of carbonyl (C=O) groups is 1. The van der Waals surface area contributed by atoms with Crippen LogP contribution in [-0.4, -0.2) is 16.9 Å². The molecule has 1 aliphatic heterocycles. The van der Waals surface area contributed by atoms with E-state index in [-0.39, 0.29) is 10.8 Å². The van der Waals surface area contributed by atoms with Gasteiger partial charge in [-0.25, -0.2) is 0 Å². The number of nitrogens with one attached hydrogen (secondary N) is 1. The molecule has 0 bridgehead atoms. The third kappa shape index (κ3) is 1.08. The van der Waals surface area contributed by atoms with Gasteiger partial charge in [0.15, 0.2) is 11.3 Å². The monoisotopic (exact) mass is 157 g/mol. The maximum absolute atomic E-state index is 11.5. The van der Waals surface area contributed by atoms with E-state index < -0.39 is 11.1 Å². The minimum Gasteiger partial charge on any atom is -0.633 e. The van der Waals surface area contributed by atoms with Crippen molar-refractivity contribution in [3.05, 3.63) is 5.21 Å². The van der Waals surface area contributed by atoms with E-state index in [1.807, 2.05) is 13.8 Å². The van der Waals surface area contributed by atoms with E-state index in [0.29, 0.717) is 6.42 Å². The van der Waals surface area contributed by atoms with Crippen LogP contribution < -0.4 is 5.06 Å². The van der Waals surface area contributed by atoms with Crippen LogP contribution in [0.1, 0.15) is 34.1 Å². The summed E-state index contributed by atoms with van der Waals surface area (Å²) in [5, 5.41) is 11.6. The smallest absolute Gasteiger partial charge is 0.198 e. The quantitative estimate of drug-likeness (QED) is 0.499. The first-order chi connectivity index (χ1) is 4.78. The molecule has 0 radical (unpaired) electrons. The molecular weight excluding hydrogens is 142 g/mol. The van der Waals surface area contributed by atoms with Crippen molar-refractivity contribution in [3.63, 3.8) is 0 Å². The highest BCUT2D eigenvalue weighted by atomic mass is 16.5. The van der Waals surface area contributed by atoms with E-state index in [9.17, 15) is 10.0 Å². The SMILES string of the molecule is CC1(C)CC(=O)C(C)(C)[NH+]1[O-]. The van der Waals surface area contributed by atoms with E-state index in [4.69, 9.17) is 0 Å². The number of hydroxylamine groups is 2. The number of Topliss-reactive ketones (excluding diaryl/α,β-unsaturated/α-hetero) is 1. The van der Waals surface area contributed by atoms with Gasteiger partial charge < -0.3 is 10.3 Å². The number of rotatable bonds is 0. The maximum atomic E-state index is 11.5. The molecule has 1 heterocycles. The van der Waals surface area contributed by atoms with E-state index in [2.05, 4.69) is 0 Å². The number of carbonyl (C=O) groups excluding carboxylic acids is 1. The lowest BCUT2D eigenvalue weighted by Gasteiger charge is -2.38. The van der Waals surface area contributed by atoms with E-state index in [1.54, 1.807) is 13.8 Å². The van der Waals surface area contributed by atoms with Crippen LogP contribution in [0.25, 0.3) is 0 Å². The van der Waals surface area contributed by atoms with Gasteiger partial charge in [-0.15, -0.1) is 0 Å². The van der Waals surface area contributed by atoms with Gasteiger partial charge in [0.05, 0.1) is 12.0 Å². The predicted molar refractivity (Wildman–Crippen MR) is 42.1 cm³/mol. The summed E-state index contributed by atoms with van der Waals surface area (Å²) in [6, 6.07) is 0. The van der Waals surface area contributed by atoms with Gasteiger partial charge in [0.25, 0.3) is 0 Å². The Morgan fingerprint density at radius 2 is 1.82 bits per heavy atom. The topological polar surface area (TPSA) is 44.6 Å². The molecule has 0 saturated carbocycles. The Labute approximate surface area is 67.0 Å². The number of quaternary nitrogens is 1. The first kappa shape index (κ1) is 8.68. The summed E-state index contributed by atoms with van der Waals surface area (Å²) in [7, 11) is 0. The summed E-state index contributed by atoms with van der Waals surface area (Å²) < 4.78 is 0. The lowest BCUT2D eigenvalue weighted by molar-refractivity contribution is -0.927. The van der Waals surface area contributed by atoms with Crippen LogP contribution in [0.4, 0.5) is 0 Å². The number of hydrogen-bond donors (Lipinski definition) is 1. The largest absolute Gasteiger partial charge is 0.633 e. The third-order valence-electron chi connectivity index (χ3n) is 2.48. The van der Waals surface area contributed by atoms with Crippen molar-refractivity contribution < 1.29 is 9.86 Å². The molecule has 0 aliphatic carbocycles. The molecule has 0 aromatic carbocycles. The zero-order valence-corrected chi connectivity index (χ0v) is 7.52. The molecule has 1 rings (SSSR count). The Hall–Kier alpha value is -0.410. The van der Waals surface area contributed by atoms with Crippen molar-refractivity contribution in [3.8, 4) is 0 Å². The van der Waals surface area contributed by atoms with Crippen molar-refractivity contribution in [2.75, 3.05) is 0 Å². The van der Waals surface area contributed by atoms with Crippen LogP contribution in [-0.2, 0) is 4.79 Å². The summed E-state index contributed by atoms with van der Waals surface area (Å²) in [5.74, 6) is 0.0764. The van der Waals surface area contributed by atoms with Gasteiger partial charge in [0.2, 0.25) is 0 Å². The molecule has 1 aliphatic rings. The van der Waals surface area contributed by atoms with Crippen molar-refractivity contribution in [1.82, 2.24) is 0 Å². The summed E-state index contributed by atoms with van der Waals surface area (Å²) in [6.07, 6.45) is 0.402. The molecule has 1 saturated heterocycles. The Morgan fingerprint density at radius 3 is 1.91 bits per heavy atom. The highest BCUT2D eigenvalue weighted by Gasteiger charge is 2.51. The van der Waals surface area contributed by atoms with Crippen molar-refractivity contribution >= 4 is 5.78 Å². The summed E-state index contributed by atoms with van der Waals surface area (Å²) in [6.45, 7) is 7.10. The third-order valence-corrected chi connectivity index (χ3v) is 2.48. The van der Waals surface area contributed by atoms with Crippen LogP contribution in [0.3, 0.4) is 0 Å². The molecule has 1 unspecified atom stereocenters. The van der Waals surface area contributed by atoms with Crippen molar-refractivity contribution in [2.45, 2.75) is 45.2 Å². The second kappa shape index (κ2) is 2.05.